The highest BCUT2D eigenvalue weighted by Gasteiger charge is 2.67. The van der Waals surface area contributed by atoms with Crippen molar-refractivity contribution in [3.8, 4) is 5.75 Å². The van der Waals surface area contributed by atoms with Gasteiger partial charge in [0.2, 0.25) is 0 Å². The molecule has 1 spiro atoms. The summed E-state index contributed by atoms with van der Waals surface area (Å²) in [5.41, 5.74) is 0.796. The minimum absolute atomic E-state index is 0.0156. The van der Waals surface area contributed by atoms with Crippen LogP contribution in [-0.4, -0.2) is 40.1 Å². The van der Waals surface area contributed by atoms with Gasteiger partial charge >= 0.3 is 0 Å². The van der Waals surface area contributed by atoms with Crippen molar-refractivity contribution in [2.45, 2.75) is 76.5 Å². The van der Waals surface area contributed by atoms with Crippen molar-refractivity contribution in [1.82, 2.24) is 10.2 Å². The fourth-order valence-electron chi connectivity index (χ4n) is 5.47. The molecule has 5 heteroatoms. The van der Waals surface area contributed by atoms with Gasteiger partial charge in [-0.2, -0.15) is 0 Å². The van der Waals surface area contributed by atoms with Crippen LogP contribution in [0.15, 0.2) is 18.2 Å². The van der Waals surface area contributed by atoms with Crippen LogP contribution in [0, 0.1) is 5.41 Å². The number of phenols is 1. The first-order valence-corrected chi connectivity index (χ1v) is 9.91. The van der Waals surface area contributed by atoms with Gasteiger partial charge < -0.3 is 10.4 Å². The van der Waals surface area contributed by atoms with Crippen LogP contribution in [0.5, 0.6) is 5.75 Å². The molecule has 1 amide bonds. The Morgan fingerprint density at radius 3 is 2.84 bits per heavy atom. The maximum absolute atomic E-state index is 12.6. The standard InChI is InChI=1S/C20H27ClN2O2/c1-3-12(2)23-17-7-9-20(17)8-6-14(11-18(20)23)22-19(25)15-10-13(21)4-5-16(15)24/h4-5,10,12,14,17-18,24H,3,6-9,11H2,1-2H3,(H,22,25)/t12?,14-,17?,18?,20?/m0/s1. The molecule has 1 aromatic carbocycles. The van der Waals surface area contributed by atoms with Crippen molar-refractivity contribution >= 4 is 17.5 Å². The lowest BCUT2D eigenvalue weighted by molar-refractivity contribution is -0.241. The topological polar surface area (TPSA) is 52.6 Å². The summed E-state index contributed by atoms with van der Waals surface area (Å²) in [5, 5.41) is 13.5. The number of carbonyl (C=O) groups excluding carboxylic acids is 1. The first kappa shape index (κ1) is 17.2. The Morgan fingerprint density at radius 1 is 1.40 bits per heavy atom. The van der Waals surface area contributed by atoms with Gasteiger partial charge in [-0.3, -0.25) is 9.69 Å². The normalized spacial score (nSPS) is 34.9. The Morgan fingerprint density at radius 2 is 2.16 bits per heavy atom. The summed E-state index contributed by atoms with van der Waals surface area (Å²) >= 11 is 5.97. The zero-order chi connectivity index (χ0) is 17.8. The molecule has 5 atom stereocenters. The first-order valence-electron chi connectivity index (χ1n) is 9.53. The summed E-state index contributed by atoms with van der Waals surface area (Å²) in [6.45, 7) is 4.59. The van der Waals surface area contributed by atoms with Gasteiger partial charge in [0, 0.05) is 34.6 Å². The number of piperidine rings is 1. The Bertz CT molecular complexity index is 694. The molecule has 0 radical (unpaired) electrons. The zero-order valence-corrected chi connectivity index (χ0v) is 15.7. The van der Waals surface area contributed by atoms with Crippen molar-refractivity contribution < 1.29 is 9.90 Å². The summed E-state index contributed by atoms with van der Waals surface area (Å²) < 4.78 is 0. The Hall–Kier alpha value is -1.26. The van der Waals surface area contributed by atoms with E-state index < -0.39 is 0 Å². The second-order valence-corrected chi connectivity index (χ2v) is 8.55. The third-order valence-electron chi connectivity index (χ3n) is 7.03. The van der Waals surface area contributed by atoms with Crippen LogP contribution in [-0.2, 0) is 0 Å². The minimum Gasteiger partial charge on any atom is -0.507 e. The van der Waals surface area contributed by atoms with Gasteiger partial charge in [0.1, 0.15) is 5.75 Å². The lowest BCUT2D eigenvalue weighted by Gasteiger charge is -2.74. The number of hydrogen-bond acceptors (Lipinski definition) is 3. The van der Waals surface area contributed by atoms with Gasteiger partial charge in [0.05, 0.1) is 5.56 Å². The number of halogens is 1. The molecule has 0 bridgehead atoms. The van der Waals surface area contributed by atoms with Gasteiger partial charge in [-0.15, -0.1) is 0 Å². The SMILES string of the molecule is CCC(C)N1C2CCC23CC[C@H](NC(=O)c2cc(Cl)ccc2O)CC13. The molecule has 25 heavy (non-hydrogen) atoms. The molecule has 0 aromatic heterocycles. The molecule has 1 saturated heterocycles. The molecule has 2 saturated carbocycles. The maximum Gasteiger partial charge on any atom is 0.255 e. The minimum atomic E-state index is -0.222. The fourth-order valence-corrected chi connectivity index (χ4v) is 5.64. The highest BCUT2D eigenvalue weighted by molar-refractivity contribution is 6.31. The molecule has 2 N–H and O–H groups in total. The van der Waals surface area contributed by atoms with E-state index in [1.165, 1.54) is 37.8 Å². The molecule has 3 fully saturated rings. The molecular weight excluding hydrogens is 336 g/mol. The molecule has 136 valence electrons. The van der Waals surface area contributed by atoms with Gasteiger partial charge in [0.15, 0.2) is 0 Å². The average Bonchev–Trinajstić information content (AvgIpc) is 2.59. The number of rotatable bonds is 4. The highest BCUT2D eigenvalue weighted by atomic mass is 35.5. The maximum atomic E-state index is 12.6. The lowest BCUT2D eigenvalue weighted by atomic mass is 9.46. The third-order valence-corrected chi connectivity index (χ3v) is 7.27. The Labute approximate surface area is 154 Å². The van der Waals surface area contributed by atoms with Crippen LogP contribution in [0.4, 0.5) is 0 Å². The molecule has 1 heterocycles. The van der Waals surface area contributed by atoms with Crippen LogP contribution in [0.1, 0.15) is 62.7 Å². The summed E-state index contributed by atoms with van der Waals surface area (Å²) in [5.74, 6) is -0.237. The van der Waals surface area contributed by atoms with E-state index in [-0.39, 0.29) is 23.3 Å². The Kier molecular flexibility index (Phi) is 4.24. The molecule has 4 unspecified atom stereocenters. The quantitative estimate of drug-likeness (QED) is 0.852. The largest absolute Gasteiger partial charge is 0.507 e. The number of benzene rings is 1. The summed E-state index contributed by atoms with van der Waals surface area (Å²) in [7, 11) is 0. The van der Waals surface area contributed by atoms with Crippen LogP contribution >= 0.6 is 11.6 Å². The summed E-state index contributed by atoms with van der Waals surface area (Å²) in [6, 6.07) is 6.78. The van der Waals surface area contributed by atoms with Gasteiger partial charge in [-0.1, -0.05) is 18.5 Å². The zero-order valence-electron chi connectivity index (χ0n) is 15.0. The molecule has 4 nitrogen and oxygen atoms in total. The number of carbonyl (C=O) groups is 1. The first-order chi connectivity index (χ1) is 12.0. The van der Waals surface area contributed by atoms with E-state index in [4.69, 9.17) is 11.6 Å². The van der Waals surface area contributed by atoms with Crippen LogP contribution in [0.3, 0.4) is 0 Å². The third kappa shape index (κ3) is 2.57. The average molecular weight is 363 g/mol. The van der Waals surface area contributed by atoms with E-state index in [1.807, 2.05) is 0 Å². The number of nitrogens with one attached hydrogen (secondary N) is 1. The number of nitrogens with zero attached hydrogens (tertiary/aromatic N) is 1. The van der Waals surface area contributed by atoms with Gasteiger partial charge in [-0.05, 0) is 63.6 Å². The molecule has 1 aromatic rings. The van der Waals surface area contributed by atoms with Crippen LogP contribution < -0.4 is 5.32 Å². The van der Waals surface area contributed by atoms with Gasteiger partial charge in [-0.25, -0.2) is 0 Å². The predicted molar refractivity (Wildman–Crippen MR) is 99.1 cm³/mol. The predicted octanol–water partition coefficient (Wildman–Crippen LogP) is 3.96. The lowest BCUT2D eigenvalue weighted by Crippen LogP contribution is -2.80. The van der Waals surface area contributed by atoms with E-state index in [1.54, 1.807) is 6.07 Å². The van der Waals surface area contributed by atoms with Crippen LogP contribution in [0.2, 0.25) is 5.02 Å². The number of amides is 1. The summed E-state index contributed by atoms with van der Waals surface area (Å²) in [4.78, 5) is 15.3. The number of aromatic hydroxyl groups is 1. The molecule has 2 aliphatic carbocycles. The van der Waals surface area contributed by atoms with E-state index in [0.717, 1.165) is 18.9 Å². The smallest absolute Gasteiger partial charge is 0.255 e. The van der Waals surface area contributed by atoms with Gasteiger partial charge in [0.25, 0.3) is 5.91 Å². The monoisotopic (exact) mass is 362 g/mol. The molecule has 4 rings (SSSR count). The fraction of sp³-hybridized carbons (Fsp3) is 0.650. The van der Waals surface area contributed by atoms with E-state index in [0.29, 0.717) is 22.5 Å². The Balaban J connectivity index is 1.45. The van der Waals surface area contributed by atoms with Crippen LogP contribution in [0.25, 0.3) is 0 Å². The molecule has 3 aliphatic rings. The van der Waals surface area contributed by atoms with E-state index >= 15 is 0 Å². The highest BCUT2D eigenvalue weighted by Crippen LogP contribution is 2.64. The number of likely N-dealkylation sites (tertiary alicyclic amines) is 1. The second-order valence-electron chi connectivity index (χ2n) is 8.11. The number of phenolic OH excluding ortho intramolecular Hbond substituents is 1. The van der Waals surface area contributed by atoms with E-state index in [9.17, 15) is 9.90 Å². The van der Waals surface area contributed by atoms with E-state index in [2.05, 4.69) is 24.1 Å². The van der Waals surface area contributed by atoms with Crippen molar-refractivity contribution in [2.75, 3.05) is 0 Å². The van der Waals surface area contributed by atoms with Crippen molar-refractivity contribution in [2.24, 2.45) is 5.41 Å². The number of hydrogen-bond donors (Lipinski definition) is 2. The molecular formula is C20H27ClN2O2. The van der Waals surface area contributed by atoms with Crippen molar-refractivity contribution in [3.05, 3.63) is 28.8 Å². The summed E-state index contributed by atoms with van der Waals surface area (Å²) in [6.07, 6.45) is 7.14. The van der Waals surface area contributed by atoms with Crippen molar-refractivity contribution in [1.29, 1.82) is 0 Å². The van der Waals surface area contributed by atoms with Crippen molar-refractivity contribution in [3.63, 3.8) is 0 Å². The molecule has 1 aliphatic heterocycles. The second kappa shape index (κ2) is 6.17.